The van der Waals surface area contributed by atoms with Crippen LogP contribution in [0.5, 0.6) is 5.75 Å². The minimum Gasteiger partial charge on any atom is -0.491 e. The lowest BCUT2D eigenvalue weighted by Gasteiger charge is -2.28. The van der Waals surface area contributed by atoms with Crippen molar-refractivity contribution in [2.24, 2.45) is 5.92 Å². The number of amides is 1. The molecule has 0 radical (unpaired) electrons. The van der Waals surface area contributed by atoms with Gasteiger partial charge in [0.1, 0.15) is 5.75 Å². The Balaban J connectivity index is 1.96. The van der Waals surface area contributed by atoms with E-state index in [0.29, 0.717) is 12.3 Å². The maximum atomic E-state index is 12.2. The molecule has 116 valence electrons. The highest BCUT2D eigenvalue weighted by Crippen LogP contribution is 2.39. The van der Waals surface area contributed by atoms with Crippen molar-refractivity contribution < 1.29 is 14.6 Å². The quantitative estimate of drug-likeness (QED) is 0.810. The van der Waals surface area contributed by atoms with Gasteiger partial charge in [-0.3, -0.25) is 4.79 Å². The molecule has 1 unspecified atom stereocenters. The zero-order chi connectivity index (χ0) is 15.5. The number of ether oxygens (including phenoxy) is 1. The predicted molar refractivity (Wildman–Crippen MR) is 82.3 cm³/mol. The van der Waals surface area contributed by atoms with E-state index in [2.05, 4.69) is 5.32 Å². The van der Waals surface area contributed by atoms with Crippen molar-refractivity contribution in [2.45, 2.75) is 51.7 Å². The van der Waals surface area contributed by atoms with E-state index >= 15 is 0 Å². The van der Waals surface area contributed by atoms with Gasteiger partial charge >= 0.3 is 0 Å². The molecule has 1 atom stereocenters. The molecule has 1 aromatic rings. The fourth-order valence-electron chi connectivity index (χ4n) is 2.54. The van der Waals surface area contributed by atoms with Crippen LogP contribution >= 0.6 is 0 Å². The third kappa shape index (κ3) is 4.46. The van der Waals surface area contributed by atoms with Gasteiger partial charge < -0.3 is 15.2 Å². The van der Waals surface area contributed by atoms with Gasteiger partial charge in [-0.15, -0.1) is 0 Å². The first-order valence-corrected chi connectivity index (χ1v) is 7.60. The zero-order valence-corrected chi connectivity index (χ0v) is 13.1. The molecular weight excluding hydrogens is 266 g/mol. The van der Waals surface area contributed by atoms with Crippen molar-refractivity contribution in [1.29, 1.82) is 0 Å². The van der Waals surface area contributed by atoms with E-state index in [1.807, 2.05) is 45.0 Å². The molecule has 2 rings (SSSR count). The van der Waals surface area contributed by atoms with Gasteiger partial charge in [0.15, 0.2) is 0 Å². The van der Waals surface area contributed by atoms with Crippen LogP contribution in [-0.2, 0) is 11.2 Å². The lowest BCUT2D eigenvalue weighted by Crippen LogP contribution is -2.51. The first-order valence-electron chi connectivity index (χ1n) is 7.60. The molecule has 1 fully saturated rings. The molecule has 0 saturated heterocycles. The number of rotatable bonds is 7. The second-order valence-corrected chi connectivity index (χ2v) is 6.39. The predicted octanol–water partition coefficient (Wildman–Crippen LogP) is 2.29. The number of hydrogen-bond acceptors (Lipinski definition) is 3. The average molecular weight is 291 g/mol. The molecule has 1 aliphatic rings. The largest absolute Gasteiger partial charge is 0.491 e. The average Bonchev–Trinajstić information content (AvgIpc) is 3.22. The molecule has 4 heteroatoms. The van der Waals surface area contributed by atoms with Crippen molar-refractivity contribution in [2.75, 3.05) is 6.61 Å². The van der Waals surface area contributed by atoms with E-state index in [1.54, 1.807) is 0 Å². The van der Waals surface area contributed by atoms with Gasteiger partial charge in [0.05, 0.1) is 24.7 Å². The molecule has 21 heavy (non-hydrogen) atoms. The van der Waals surface area contributed by atoms with Crippen LogP contribution in [0.15, 0.2) is 24.3 Å². The van der Waals surface area contributed by atoms with E-state index in [4.69, 9.17) is 4.74 Å². The smallest absolute Gasteiger partial charge is 0.224 e. The Morgan fingerprint density at radius 2 is 2.19 bits per heavy atom. The molecule has 0 aromatic heterocycles. The van der Waals surface area contributed by atoms with Crippen LogP contribution in [0.25, 0.3) is 0 Å². The van der Waals surface area contributed by atoms with Crippen LogP contribution in [0.4, 0.5) is 0 Å². The number of aliphatic hydroxyl groups is 1. The molecule has 0 heterocycles. The van der Waals surface area contributed by atoms with Crippen LogP contribution in [0, 0.1) is 5.92 Å². The summed E-state index contributed by atoms with van der Waals surface area (Å²) in [5.41, 5.74) is 0.435. The highest BCUT2D eigenvalue weighted by molar-refractivity contribution is 5.79. The first kappa shape index (κ1) is 15.8. The van der Waals surface area contributed by atoms with E-state index < -0.39 is 5.54 Å². The van der Waals surface area contributed by atoms with E-state index in [9.17, 15) is 9.90 Å². The third-order valence-electron chi connectivity index (χ3n) is 3.87. The number of benzene rings is 1. The van der Waals surface area contributed by atoms with Gasteiger partial charge in [-0.1, -0.05) is 12.1 Å². The fourth-order valence-corrected chi connectivity index (χ4v) is 2.54. The number of nitrogens with one attached hydrogen (secondary N) is 1. The van der Waals surface area contributed by atoms with Crippen molar-refractivity contribution in [3.05, 3.63) is 29.8 Å². The summed E-state index contributed by atoms with van der Waals surface area (Å²) in [7, 11) is 0. The molecule has 4 nitrogen and oxygen atoms in total. The molecular formula is C17H25NO3. The number of aliphatic hydroxyl groups excluding tert-OH is 1. The van der Waals surface area contributed by atoms with Crippen molar-refractivity contribution >= 4 is 5.91 Å². The van der Waals surface area contributed by atoms with E-state index in [-0.39, 0.29) is 18.6 Å². The van der Waals surface area contributed by atoms with Crippen molar-refractivity contribution in [3.8, 4) is 5.75 Å². The highest BCUT2D eigenvalue weighted by atomic mass is 16.5. The van der Waals surface area contributed by atoms with Crippen LogP contribution in [-0.4, -0.2) is 29.3 Å². The van der Waals surface area contributed by atoms with Crippen molar-refractivity contribution in [3.63, 3.8) is 0 Å². The maximum Gasteiger partial charge on any atom is 0.224 e. The molecule has 1 aromatic carbocycles. The minimum atomic E-state index is -0.483. The van der Waals surface area contributed by atoms with Gasteiger partial charge in [-0.25, -0.2) is 0 Å². The van der Waals surface area contributed by atoms with Gasteiger partial charge in [-0.05, 0) is 57.2 Å². The Morgan fingerprint density at radius 3 is 2.76 bits per heavy atom. The Bertz CT molecular complexity index is 497. The standard InChI is InChI=1S/C17H25NO3/c1-12(2)21-15-6-4-5-13(9-15)10-16(20)18-17(3,11-19)14-7-8-14/h4-6,9,12,14,19H,7-8,10-11H2,1-3H3,(H,18,20). The summed E-state index contributed by atoms with van der Waals surface area (Å²) in [4.78, 5) is 12.2. The molecule has 2 N–H and O–H groups in total. The van der Waals surface area contributed by atoms with E-state index in [0.717, 1.165) is 24.2 Å². The summed E-state index contributed by atoms with van der Waals surface area (Å²) in [6, 6.07) is 7.60. The zero-order valence-electron chi connectivity index (χ0n) is 13.1. The van der Waals surface area contributed by atoms with Crippen LogP contribution in [0.2, 0.25) is 0 Å². The Labute approximate surface area is 126 Å². The van der Waals surface area contributed by atoms with Gasteiger partial charge in [0.2, 0.25) is 5.91 Å². The second kappa shape index (κ2) is 6.48. The first-order chi connectivity index (χ1) is 9.93. The molecule has 1 aliphatic carbocycles. The molecule has 0 aliphatic heterocycles. The normalized spacial score (nSPS) is 17.4. The maximum absolute atomic E-state index is 12.2. The topological polar surface area (TPSA) is 58.6 Å². The van der Waals surface area contributed by atoms with Gasteiger partial charge in [0.25, 0.3) is 0 Å². The molecule has 1 amide bonds. The molecule has 0 bridgehead atoms. The number of carbonyl (C=O) groups excluding carboxylic acids is 1. The fraction of sp³-hybridized carbons (Fsp3) is 0.588. The highest BCUT2D eigenvalue weighted by Gasteiger charge is 2.42. The summed E-state index contributed by atoms with van der Waals surface area (Å²) < 4.78 is 5.64. The van der Waals surface area contributed by atoms with Crippen molar-refractivity contribution in [1.82, 2.24) is 5.32 Å². The second-order valence-electron chi connectivity index (χ2n) is 6.39. The number of hydrogen-bond donors (Lipinski definition) is 2. The van der Waals surface area contributed by atoms with Crippen LogP contribution in [0.1, 0.15) is 39.2 Å². The SMILES string of the molecule is CC(C)Oc1cccc(CC(=O)NC(C)(CO)C2CC2)c1. The minimum absolute atomic E-state index is 0.0140. The summed E-state index contributed by atoms with van der Waals surface area (Å²) in [6.45, 7) is 5.85. The van der Waals surface area contributed by atoms with E-state index in [1.165, 1.54) is 0 Å². The molecule has 0 spiro atoms. The van der Waals surface area contributed by atoms with Crippen LogP contribution < -0.4 is 10.1 Å². The third-order valence-corrected chi connectivity index (χ3v) is 3.87. The monoisotopic (exact) mass is 291 g/mol. The van der Waals surface area contributed by atoms with Crippen LogP contribution in [0.3, 0.4) is 0 Å². The Kier molecular flexibility index (Phi) is 4.88. The Hall–Kier alpha value is -1.55. The van der Waals surface area contributed by atoms with Gasteiger partial charge in [-0.2, -0.15) is 0 Å². The lowest BCUT2D eigenvalue weighted by atomic mass is 9.96. The van der Waals surface area contributed by atoms with Gasteiger partial charge in [0, 0.05) is 0 Å². The lowest BCUT2D eigenvalue weighted by molar-refractivity contribution is -0.123. The molecule has 1 saturated carbocycles. The summed E-state index contributed by atoms with van der Waals surface area (Å²) in [6.07, 6.45) is 2.57. The summed E-state index contributed by atoms with van der Waals surface area (Å²) in [5, 5.41) is 12.5. The number of carbonyl (C=O) groups is 1. The summed E-state index contributed by atoms with van der Waals surface area (Å²) >= 11 is 0. The Morgan fingerprint density at radius 1 is 1.48 bits per heavy atom. The summed E-state index contributed by atoms with van der Waals surface area (Å²) in [5.74, 6) is 1.13.